The first-order valence-electron chi connectivity index (χ1n) is 10.8. The molecule has 0 atom stereocenters. The van der Waals surface area contributed by atoms with Gasteiger partial charge in [-0.05, 0) is 53.2 Å². The molecule has 0 aliphatic carbocycles. The Balaban J connectivity index is 1.51. The summed E-state index contributed by atoms with van der Waals surface area (Å²) in [6, 6.07) is 31.2. The van der Waals surface area contributed by atoms with E-state index < -0.39 is 15.5 Å². The molecule has 4 aromatic carbocycles. The lowest BCUT2D eigenvalue weighted by Crippen LogP contribution is -2.07. The average molecular weight is 496 g/mol. The Kier molecular flexibility index (Phi) is 6.16. The maximum Gasteiger partial charge on any atom is 0.303 e. The predicted molar refractivity (Wildman–Crippen MR) is 140 cm³/mol. The minimum Gasteiger partial charge on any atom is -0.302 e. The maximum absolute atomic E-state index is 11.4. The highest BCUT2D eigenvalue weighted by Gasteiger charge is 2.20. The summed E-state index contributed by atoms with van der Waals surface area (Å²) in [7, 11) is 0. The Hall–Kier alpha value is -4.96. The molecule has 0 saturated carbocycles. The standard InChI is InChI=1S/C26H17N5O4S/c32-30(33)22-12-13-23(24(17-22)31(34)35)27-28-25-14-15-26(36-25)29(20-8-2-1-3-9-20)21-11-10-18-6-4-5-7-19(18)16-21/h1-17H. The van der Waals surface area contributed by atoms with E-state index in [4.69, 9.17) is 0 Å². The molecule has 1 heterocycles. The van der Waals surface area contributed by atoms with Crippen LogP contribution in [0.1, 0.15) is 0 Å². The van der Waals surface area contributed by atoms with E-state index in [1.165, 1.54) is 17.4 Å². The third-order valence-corrected chi connectivity index (χ3v) is 6.38. The van der Waals surface area contributed by atoms with E-state index in [-0.39, 0.29) is 11.4 Å². The van der Waals surface area contributed by atoms with Gasteiger partial charge in [-0.2, -0.15) is 0 Å². The Bertz CT molecular complexity index is 1620. The number of hydrogen-bond acceptors (Lipinski definition) is 8. The van der Waals surface area contributed by atoms with Gasteiger partial charge in [-0.1, -0.05) is 59.9 Å². The first kappa shape index (κ1) is 22.8. The van der Waals surface area contributed by atoms with Crippen LogP contribution in [0.5, 0.6) is 0 Å². The molecule has 0 fully saturated rings. The van der Waals surface area contributed by atoms with Crippen molar-refractivity contribution in [1.29, 1.82) is 0 Å². The van der Waals surface area contributed by atoms with Gasteiger partial charge in [-0.15, -0.1) is 10.2 Å². The van der Waals surface area contributed by atoms with E-state index in [2.05, 4.69) is 45.5 Å². The van der Waals surface area contributed by atoms with Gasteiger partial charge in [0.25, 0.3) is 5.69 Å². The van der Waals surface area contributed by atoms with Crippen LogP contribution in [0.15, 0.2) is 113 Å². The zero-order chi connectivity index (χ0) is 25.1. The Morgan fingerprint density at radius 2 is 1.42 bits per heavy atom. The van der Waals surface area contributed by atoms with Gasteiger partial charge in [0.1, 0.15) is 10.0 Å². The van der Waals surface area contributed by atoms with Gasteiger partial charge in [-0.25, -0.2) is 0 Å². The molecule has 176 valence electrons. The normalized spacial score (nSPS) is 11.1. The van der Waals surface area contributed by atoms with E-state index in [9.17, 15) is 20.2 Å². The van der Waals surface area contributed by atoms with Crippen LogP contribution in [-0.2, 0) is 0 Å². The van der Waals surface area contributed by atoms with Crippen molar-refractivity contribution < 1.29 is 9.85 Å². The topological polar surface area (TPSA) is 114 Å². The SMILES string of the molecule is O=[N+]([O-])c1ccc(N=Nc2ccc(N(c3ccccc3)c3ccc4ccccc4c3)s2)c([N+](=O)[O-])c1. The molecule has 9 nitrogen and oxygen atoms in total. The Morgan fingerprint density at radius 3 is 2.17 bits per heavy atom. The van der Waals surface area contributed by atoms with Crippen molar-refractivity contribution in [1.82, 2.24) is 0 Å². The van der Waals surface area contributed by atoms with Gasteiger partial charge in [0.05, 0.1) is 15.9 Å². The van der Waals surface area contributed by atoms with E-state index in [1.807, 2.05) is 48.5 Å². The third kappa shape index (κ3) is 4.65. The number of nitro benzene ring substituents is 2. The molecule has 0 amide bonds. The number of rotatable bonds is 7. The van der Waals surface area contributed by atoms with Gasteiger partial charge in [-0.3, -0.25) is 20.2 Å². The summed E-state index contributed by atoms with van der Waals surface area (Å²) in [5.74, 6) is 0. The Morgan fingerprint density at radius 1 is 0.667 bits per heavy atom. The summed E-state index contributed by atoms with van der Waals surface area (Å²) >= 11 is 1.37. The molecule has 0 saturated heterocycles. The largest absolute Gasteiger partial charge is 0.303 e. The summed E-state index contributed by atoms with van der Waals surface area (Å²) in [5, 5.41) is 34.2. The number of benzene rings is 4. The van der Waals surface area contributed by atoms with Crippen LogP contribution in [0.4, 0.5) is 38.4 Å². The smallest absolute Gasteiger partial charge is 0.302 e. The van der Waals surface area contributed by atoms with Gasteiger partial charge in [0.15, 0.2) is 5.69 Å². The quantitative estimate of drug-likeness (QED) is 0.127. The van der Waals surface area contributed by atoms with Crippen LogP contribution in [0, 0.1) is 20.2 Å². The van der Waals surface area contributed by atoms with E-state index in [0.29, 0.717) is 5.00 Å². The Labute approximate surface area is 208 Å². The first-order chi connectivity index (χ1) is 17.5. The van der Waals surface area contributed by atoms with Crippen LogP contribution in [0.25, 0.3) is 10.8 Å². The number of hydrogen-bond donors (Lipinski definition) is 0. The second-order valence-corrected chi connectivity index (χ2v) is 8.74. The van der Waals surface area contributed by atoms with Crippen molar-refractivity contribution in [2.45, 2.75) is 0 Å². The lowest BCUT2D eigenvalue weighted by molar-refractivity contribution is -0.393. The number of thiophene rings is 1. The van der Waals surface area contributed by atoms with Gasteiger partial charge in [0, 0.05) is 17.4 Å². The van der Waals surface area contributed by atoms with Crippen molar-refractivity contribution in [3.63, 3.8) is 0 Å². The van der Waals surface area contributed by atoms with Crippen molar-refractivity contribution in [3.05, 3.63) is 123 Å². The average Bonchev–Trinajstić information content (AvgIpc) is 3.36. The first-order valence-corrected chi connectivity index (χ1v) is 11.6. The van der Waals surface area contributed by atoms with Crippen LogP contribution < -0.4 is 4.90 Å². The van der Waals surface area contributed by atoms with E-state index >= 15 is 0 Å². The molecule has 0 spiro atoms. The fourth-order valence-corrected chi connectivity index (χ4v) is 4.62. The van der Waals surface area contributed by atoms with Crippen molar-refractivity contribution >= 4 is 60.5 Å². The highest BCUT2D eigenvalue weighted by molar-refractivity contribution is 7.19. The second-order valence-electron chi connectivity index (χ2n) is 7.70. The second kappa shape index (κ2) is 9.72. The molecule has 1 aromatic heterocycles. The van der Waals surface area contributed by atoms with E-state index in [0.717, 1.165) is 39.3 Å². The van der Waals surface area contributed by atoms with Crippen molar-refractivity contribution in [2.24, 2.45) is 10.2 Å². The molecule has 36 heavy (non-hydrogen) atoms. The minimum atomic E-state index is -0.710. The molecule has 0 bridgehead atoms. The number of para-hydroxylation sites is 1. The molecular weight excluding hydrogens is 478 g/mol. The monoisotopic (exact) mass is 495 g/mol. The fraction of sp³-hybridized carbons (Fsp3) is 0. The van der Waals surface area contributed by atoms with Crippen LogP contribution in [0.2, 0.25) is 0 Å². The zero-order valence-electron chi connectivity index (χ0n) is 18.6. The molecule has 10 heteroatoms. The number of nitro groups is 2. The number of non-ortho nitro benzene ring substituents is 1. The minimum absolute atomic E-state index is 0.0602. The summed E-state index contributed by atoms with van der Waals surface area (Å²) in [6.45, 7) is 0. The number of anilines is 3. The summed E-state index contributed by atoms with van der Waals surface area (Å²) in [4.78, 5) is 23.1. The van der Waals surface area contributed by atoms with Gasteiger partial charge in [0.2, 0.25) is 0 Å². The van der Waals surface area contributed by atoms with Crippen molar-refractivity contribution in [2.75, 3.05) is 4.90 Å². The highest BCUT2D eigenvalue weighted by atomic mass is 32.1. The molecule has 0 aliphatic rings. The number of nitrogens with zero attached hydrogens (tertiary/aromatic N) is 5. The lowest BCUT2D eigenvalue weighted by atomic mass is 10.1. The fourth-order valence-electron chi connectivity index (χ4n) is 3.75. The predicted octanol–water partition coefficient (Wildman–Crippen LogP) is 8.60. The molecule has 5 aromatic rings. The molecule has 5 rings (SSSR count). The molecule has 0 unspecified atom stereocenters. The van der Waals surface area contributed by atoms with Crippen LogP contribution in [-0.4, -0.2) is 9.85 Å². The molecule has 0 radical (unpaired) electrons. The highest BCUT2D eigenvalue weighted by Crippen LogP contribution is 2.42. The van der Waals surface area contributed by atoms with Gasteiger partial charge < -0.3 is 4.90 Å². The van der Waals surface area contributed by atoms with Crippen LogP contribution >= 0.6 is 11.3 Å². The summed E-state index contributed by atoms with van der Waals surface area (Å²) < 4.78 is 0. The van der Waals surface area contributed by atoms with E-state index in [1.54, 1.807) is 6.07 Å². The number of azo groups is 1. The molecule has 0 N–H and O–H groups in total. The van der Waals surface area contributed by atoms with Crippen molar-refractivity contribution in [3.8, 4) is 0 Å². The summed E-state index contributed by atoms with van der Waals surface area (Å²) in [6.07, 6.45) is 0. The van der Waals surface area contributed by atoms with Crippen LogP contribution in [0.3, 0.4) is 0 Å². The molecule has 0 aliphatic heterocycles. The number of fused-ring (bicyclic) bond motifs is 1. The summed E-state index contributed by atoms with van der Waals surface area (Å²) in [5.41, 5.74) is 1.01. The third-order valence-electron chi connectivity index (χ3n) is 5.43. The molecular formula is C26H17N5O4S. The van der Waals surface area contributed by atoms with Gasteiger partial charge >= 0.3 is 5.69 Å². The lowest BCUT2D eigenvalue weighted by Gasteiger charge is -2.23. The zero-order valence-corrected chi connectivity index (χ0v) is 19.4. The maximum atomic E-state index is 11.4.